The molecule has 2 atom stereocenters. The molecule has 0 bridgehead atoms. The summed E-state index contributed by atoms with van der Waals surface area (Å²) in [4.78, 5) is 6.83. The number of hydrogen-bond donors (Lipinski definition) is 1. The zero-order valence-corrected chi connectivity index (χ0v) is 14.9. The highest BCUT2D eigenvalue weighted by Gasteiger charge is 2.39. The Bertz CT molecular complexity index is 860. The SMILES string of the molecule is Cn1ccc([C@H]2[C@@H](c3ccccn3)NC(=S)N2Cc2ccccc2)c1. The molecule has 3 heterocycles. The van der Waals surface area contributed by atoms with Crippen molar-refractivity contribution < 1.29 is 0 Å². The molecule has 0 spiro atoms. The van der Waals surface area contributed by atoms with Crippen LogP contribution >= 0.6 is 12.2 Å². The van der Waals surface area contributed by atoms with E-state index in [1.54, 1.807) is 0 Å². The van der Waals surface area contributed by atoms with Gasteiger partial charge in [-0.25, -0.2) is 0 Å². The average Bonchev–Trinajstić information content (AvgIpc) is 3.20. The van der Waals surface area contributed by atoms with Crippen LogP contribution in [0.15, 0.2) is 73.2 Å². The van der Waals surface area contributed by atoms with Gasteiger partial charge in [-0.1, -0.05) is 36.4 Å². The first-order valence-corrected chi connectivity index (χ1v) is 8.77. The Morgan fingerprint density at radius 3 is 2.56 bits per heavy atom. The molecule has 0 saturated carbocycles. The predicted octanol–water partition coefficient (Wildman–Crippen LogP) is 3.59. The quantitative estimate of drug-likeness (QED) is 0.731. The van der Waals surface area contributed by atoms with Gasteiger partial charge in [0.05, 0.1) is 17.8 Å². The van der Waals surface area contributed by atoms with Gasteiger partial charge < -0.3 is 14.8 Å². The van der Waals surface area contributed by atoms with E-state index in [4.69, 9.17) is 12.2 Å². The molecule has 25 heavy (non-hydrogen) atoms. The van der Waals surface area contributed by atoms with Gasteiger partial charge in [-0.15, -0.1) is 0 Å². The zero-order chi connectivity index (χ0) is 17.2. The molecular weight excluding hydrogens is 328 g/mol. The van der Waals surface area contributed by atoms with Crippen LogP contribution < -0.4 is 5.32 Å². The first kappa shape index (κ1) is 15.8. The van der Waals surface area contributed by atoms with Crippen LogP contribution in [0.5, 0.6) is 0 Å². The lowest BCUT2D eigenvalue weighted by Crippen LogP contribution is -2.29. The summed E-state index contributed by atoms with van der Waals surface area (Å²) in [5.74, 6) is 0. The Labute approximate surface area is 153 Å². The molecule has 4 nitrogen and oxygen atoms in total. The van der Waals surface area contributed by atoms with Crippen molar-refractivity contribution in [3.05, 3.63) is 90.0 Å². The number of thiocarbonyl (C=S) groups is 1. The largest absolute Gasteiger partial charge is 0.357 e. The lowest BCUT2D eigenvalue weighted by atomic mass is 9.99. The zero-order valence-electron chi connectivity index (χ0n) is 14.0. The number of nitrogens with zero attached hydrogens (tertiary/aromatic N) is 3. The number of benzene rings is 1. The number of nitrogens with one attached hydrogen (secondary N) is 1. The highest BCUT2D eigenvalue weighted by molar-refractivity contribution is 7.80. The average molecular weight is 348 g/mol. The Morgan fingerprint density at radius 1 is 1.08 bits per heavy atom. The topological polar surface area (TPSA) is 33.1 Å². The number of rotatable bonds is 4. The Hall–Kier alpha value is -2.66. The standard InChI is InChI=1S/C20H20N4S/c1-23-12-10-16(14-23)19-18(17-9-5-6-11-21-17)22-20(25)24(19)13-15-7-3-2-4-8-15/h2-12,14,18-19H,13H2,1H3,(H,22,25)/t18-,19+/m1/s1. The molecule has 4 rings (SSSR count). The van der Waals surface area contributed by atoms with Crippen molar-refractivity contribution in [1.82, 2.24) is 19.8 Å². The van der Waals surface area contributed by atoms with Gasteiger partial charge in [0.2, 0.25) is 0 Å². The van der Waals surface area contributed by atoms with Crippen molar-refractivity contribution in [3.8, 4) is 0 Å². The van der Waals surface area contributed by atoms with Gasteiger partial charge in [-0.2, -0.15) is 0 Å². The second-order valence-corrected chi connectivity index (χ2v) is 6.74. The van der Waals surface area contributed by atoms with E-state index in [0.717, 1.165) is 17.4 Å². The molecule has 3 aromatic rings. The summed E-state index contributed by atoms with van der Waals surface area (Å²) in [5, 5.41) is 4.26. The minimum Gasteiger partial charge on any atom is -0.357 e. The third-order valence-corrected chi connectivity index (χ3v) is 4.94. The van der Waals surface area contributed by atoms with E-state index in [9.17, 15) is 0 Å². The molecule has 1 saturated heterocycles. The molecule has 1 fully saturated rings. The number of hydrogen-bond acceptors (Lipinski definition) is 2. The van der Waals surface area contributed by atoms with Gasteiger partial charge in [0.25, 0.3) is 0 Å². The maximum atomic E-state index is 5.68. The van der Waals surface area contributed by atoms with Gasteiger partial charge in [-0.05, 0) is 41.5 Å². The minimum atomic E-state index is 0.0415. The molecule has 1 N–H and O–H groups in total. The summed E-state index contributed by atoms with van der Waals surface area (Å²) in [6.45, 7) is 0.773. The minimum absolute atomic E-state index is 0.0415. The Morgan fingerprint density at radius 2 is 1.88 bits per heavy atom. The van der Waals surface area contributed by atoms with Gasteiger partial charge >= 0.3 is 0 Å². The summed E-state index contributed by atoms with van der Waals surface area (Å²) < 4.78 is 2.08. The van der Waals surface area contributed by atoms with Crippen molar-refractivity contribution in [2.75, 3.05) is 0 Å². The molecule has 0 aliphatic carbocycles. The van der Waals surface area contributed by atoms with Gasteiger partial charge in [0.1, 0.15) is 0 Å². The van der Waals surface area contributed by atoms with Crippen molar-refractivity contribution >= 4 is 17.3 Å². The van der Waals surface area contributed by atoms with E-state index in [2.05, 4.69) is 68.6 Å². The highest BCUT2D eigenvalue weighted by Crippen LogP contribution is 2.39. The molecule has 1 aliphatic rings. The number of aromatic nitrogens is 2. The van der Waals surface area contributed by atoms with Crippen LogP contribution in [-0.2, 0) is 13.6 Å². The van der Waals surface area contributed by atoms with Gasteiger partial charge in [0.15, 0.2) is 5.11 Å². The Kier molecular flexibility index (Phi) is 4.24. The second-order valence-electron chi connectivity index (χ2n) is 6.35. The third-order valence-electron chi connectivity index (χ3n) is 4.59. The van der Waals surface area contributed by atoms with Crippen molar-refractivity contribution in [1.29, 1.82) is 0 Å². The lowest BCUT2D eigenvalue weighted by Gasteiger charge is -2.27. The van der Waals surface area contributed by atoms with E-state index in [1.807, 2.05) is 31.4 Å². The van der Waals surface area contributed by atoms with Gasteiger partial charge in [0, 0.05) is 32.2 Å². The smallest absolute Gasteiger partial charge is 0.170 e. The van der Waals surface area contributed by atoms with Crippen LogP contribution in [0.25, 0.3) is 0 Å². The predicted molar refractivity (Wildman–Crippen MR) is 103 cm³/mol. The lowest BCUT2D eigenvalue weighted by molar-refractivity contribution is 0.311. The van der Waals surface area contributed by atoms with Crippen LogP contribution in [0.4, 0.5) is 0 Å². The van der Waals surface area contributed by atoms with E-state index in [1.165, 1.54) is 11.1 Å². The monoisotopic (exact) mass is 348 g/mol. The van der Waals surface area contributed by atoms with Crippen LogP contribution in [0.2, 0.25) is 0 Å². The number of aryl methyl sites for hydroxylation is 1. The van der Waals surface area contributed by atoms with Gasteiger partial charge in [-0.3, -0.25) is 4.98 Å². The van der Waals surface area contributed by atoms with Crippen LogP contribution in [-0.4, -0.2) is 19.6 Å². The van der Waals surface area contributed by atoms with E-state index < -0.39 is 0 Å². The third kappa shape index (κ3) is 3.15. The fourth-order valence-electron chi connectivity index (χ4n) is 3.42. The second kappa shape index (κ2) is 6.69. The molecule has 0 radical (unpaired) electrons. The van der Waals surface area contributed by atoms with Crippen LogP contribution in [0.3, 0.4) is 0 Å². The summed E-state index contributed by atoms with van der Waals surface area (Å²) in [5.41, 5.74) is 3.49. The maximum absolute atomic E-state index is 5.68. The van der Waals surface area contributed by atoms with Crippen molar-refractivity contribution in [2.45, 2.75) is 18.6 Å². The van der Waals surface area contributed by atoms with Crippen molar-refractivity contribution in [3.63, 3.8) is 0 Å². The van der Waals surface area contributed by atoms with Crippen molar-refractivity contribution in [2.24, 2.45) is 7.05 Å². The van der Waals surface area contributed by atoms with E-state index in [-0.39, 0.29) is 12.1 Å². The summed E-state index contributed by atoms with van der Waals surface area (Å²) >= 11 is 5.68. The molecule has 1 aliphatic heterocycles. The number of pyridine rings is 1. The normalized spacial score (nSPS) is 19.9. The highest BCUT2D eigenvalue weighted by atomic mass is 32.1. The maximum Gasteiger partial charge on any atom is 0.170 e. The fraction of sp³-hybridized carbons (Fsp3) is 0.200. The summed E-state index contributed by atoms with van der Waals surface area (Å²) in [6.07, 6.45) is 6.07. The molecule has 0 amide bonds. The molecule has 2 aromatic heterocycles. The fourth-order valence-corrected chi connectivity index (χ4v) is 3.72. The van der Waals surface area contributed by atoms with E-state index in [0.29, 0.717) is 0 Å². The molecule has 5 heteroatoms. The first-order chi connectivity index (χ1) is 12.2. The molecule has 126 valence electrons. The Balaban J connectivity index is 1.72. The van der Waals surface area contributed by atoms with E-state index >= 15 is 0 Å². The summed E-state index contributed by atoms with van der Waals surface area (Å²) in [6, 6.07) is 18.8. The molecule has 1 aromatic carbocycles. The summed E-state index contributed by atoms with van der Waals surface area (Å²) in [7, 11) is 2.04. The van der Waals surface area contributed by atoms with Crippen LogP contribution in [0.1, 0.15) is 28.9 Å². The first-order valence-electron chi connectivity index (χ1n) is 8.36. The van der Waals surface area contributed by atoms with Crippen LogP contribution in [0, 0.1) is 0 Å². The molecular formula is C20H20N4S. The molecule has 0 unspecified atom stereocenters.